The quantitative estimate of drug-likeness (QED) is 0.771. The third-order valence-corrected chi connectivity index (χ3v) is 4.57. The predicted octanol–water partition coefficient (Wildman–Crippen LogP) is 5.30. The number of rotatable bonds is 4. The van der Waals surface area contributed by atoms with E-state index in [1.807, 2.05) is 19.2 Å². The Morgan fingerprint density at radius 2 is 1.90 bits per heavy atom. The van der Waals surface area contributed by atoms with E-state index in [1.165, 1.54) is 0 Å². The highest BCUT2D eigenvalue weighted by molar-refractivity contribution is 9.10. The van der Waals surface area contributed by atoms with Crippen molar-refractivity contribution >= 4 is 44.9 Å². The van der Waals surface area contributed by atoms with Crippen LogP contribution in [0.5, 0.6) is 0 Å². The summed E-state index contributed by atoms with van der Waals surface area (Å²) in [5.41, 5.74) is 2.02. The first-order chi connectivity index (χ1) is 9.92. The molecule has 0 saturated carbocycles. The highest BCUT2D eigenvalue weighted by atomic mass is 79.9. The largest absolute Gasteiger partial charge is 0.372 e. The van der Waals surface area contributed by atoms with Gasteiger partial charge in [-0.2, -0.15) is 0 Å². The number of nitrogens with zero attached hydrogens (tertiary/aromatic N) is 2. The molecule has 3 nitrogen and oxygen atoms in total. The van der Waals surface area contributed by atoms with Gasteiger partial charge in [0.25, 0.3) is 0 Å². The number of hydrogen-bond donors (Lipinski definition) is 1. The smallest absolute Gasteiger partial charge is 0.144 e. The van der Waals surface area contributed by atoms with Crippen LogP contribution in [-0.2, 0) is 6.42 Å². The molecule has 1 heterocycles. The molecule has 0 aliphatic rings. The summed E-state index contributed by atoms with van der Waals surface area (Å²) in [7, 11) is 1.85. The molecule has 0 fully saturated rings. The third-order valence-electron chi connectivity index (χ3n) is 3.05. The van der Waals surface area contributed by atoms with Crippen LogP contribution in [0.25, 0.3) is 0 Å². The molecular weight excluding hydrogens is 373 g/mol. The molecule has 0 aliphatic carbocycles. The van der Waals surface area contributed by atoms with Crippen LogP contribution in [0.2, 0.25) is 10.0 Å². The Morgan fingerprint density at radius 1 is 1.19 bits per heavy atom. The fourth-order valence-electron chi connectivity index (χ4n) is 1.97. The Labute approximate surface area is 143 Å². The van der Waals surface area contributed by atoms with Crippen molar-refractivity contribution in [1.82, 2.24) is 9.97 Å². The van der Waals surface area contributed by atoms with Gasteiger partial charge in [0.05, 0.1) is 20.2 Å². The summed E-state index contributed by atoms with van der Waals surface area (Å²) in [4.78, 5) is 9.19. The summed E-state index contributed by atoms with van der Waals surface area (Å²) < 4.78 is 0.915. The van der Waals surface area contributed by atoms with Crippen LogP contribution >= 0.6 is 39.1 Å². The molecule has 2 rings (SSSR count). The first-order valence-electron chi connectivity index (χ1n) is 6.60. The molecule has 0 radical (unpaired) electrons. The van der Waals surface area contributed by atoms with Crippen molar-refractivity contribution in [3.05, 3.63) is 49.8 Å². The average molecular weight is 389 g/mol. The molecule has 1 aromatic carbocycles. The zero-order valence-corrected chi connectivity index (χ0v) is 15.1. The van der Waals surface area contributed by atoms with Crippen molar-refractivity contribution < 1.29 is 0 Å². The van der Waals surface area contributed by atoms with E-state index in [0.29, 0.717) is 22.4 Å². The van der Waals surface area contributed by atoms with Gasteiger partial charge in [-0.15, -0.1) is 0 Å². The first-order valence-corrected chi connectivity index (χ1v) is 8.15. The standard InChI is InChI=1S/C15H16BrCl2N3/c1-8(2)14-13(16)15(19-3)21-12(20-14)7-9-4-5-10(17)11(18)6-9/h4-6,8H,7H2,1-3H3,(H,19,20,21). The van der Waals surface area contributed by atoms with Gasteiger partial charge in [0, 0.05) is 13.5 Å². The summed E-state index contributed by atoms with van der Waals surface area (Å²) in [5, 5.41) is 4.19. The Bertz CT molecular complexity index is 660. The van der Waals surface area contributed by atoms with Gasteiger partial charge < -0.3 is 5.32 Å². The van der Waals surface area contributed by atoms with Crippen LogP contribution in [0.1, 0.15) is 36.8 Å². The second-order valence-electron chi connectivity index (χ2n) is 5.02. The molecule has 0 amide bonds. The minimum absolute atomic E-state index is 0.307. The number of nitrogens with one attached hydrogen (secondary N) is 1. The van der Waals surface area contributed by atoms with Gasteiger partial charge in [-0.25, -0.2) is 9.97 Å². The maximum atomic E-state index is 6.05. The second kappa shape index (κ2) is 6.95. The minimum atomic E-state index is 0.307. The molecule has 1 N–H and O–H groups in total. The maximum absolute atomic E-state index is 6.05. The number of halogens is 3. The minimum Gasteiger partial charge on any atom is -0.372 e. The maximum Gasteiger partial charge on any atom is 0.144 e. The number of anilines is 1. The lowest BCUT2D eigenvalue weighted by molar-refractivity contribution is 0.785. The van der Waals surface area contributed by atoms with Gasteiger partial charge in [0.15, 0.2) is 0 Å². The Kier molecular flexibility index (Phi) is 5.47. The Balaban J connectivity index is 2.39. The number of benzene rings is 1. The molecule has 0 unspecified atom stereocenters. The lowest BCUT2D eigenvalue weighted by Crippen LogP contribution is -2.07. The first kappa shape index (κ1) is 16.5. The van der Waals surface area contributed by atoms with Gasteiger partial charge in [0.2, 0.25) is 0 Å². The van der Waals surface area contributed by atoms with E-state index >= 15 is 0 Å². The van der Waals surface area contributed by atoms with Gasteiger partial charge in [-0.1, -0.05) is 43.1 Å². The van der Waals surface area contributed by atoms with E-state index in [0.717, 1.165) is 27.4 Å². The lowest BCUT2D eigenvalue weighted by atomic mass is 10.1. The van der Waals surface area contributed by atoms with Crippen molar-refractivity contribution in [3.63, 3.8) is 0 Å². The van der Waals surface area contributed by atoms with Crippen LogP contribution in [-0.4, -0.2) is 17.0 Å². The second-order valence-corrected chi connectivity index (χ2v) is 6.63. The summed E-state index contributed by atoms with van der Waals surface area (Å²) >= 11 is 15.5. The SMILES string of the molecule is CNc1nc(Cc2ccc(Cl)c(Cl)c2)nc(C(C)C)c1Br. The number of hydrogen-bond acceptors (Lipinski definition) is 3. The molecule has 0 aliphatic heterocycles. The van der Waals surface area contributed by atoms with Gasteiger partial charge in [0.1, 0.15) is 11.6 Å². The molecule has 0 bridgehead atoms. The lowest BCUT2D eigenvalue weighted by Gasteiger charge is -2.13. The van der Waals surface area contributed by atoms with Crippen molar-refractivity contribution in [2.45, 2.75) is 26.2 Å². The molecule has 2 aromatic rings. The van der Waals surface area contributed by atoms with Gasteiger partial charge in [-0.05, 0) is 39.5 Å². The molecule has 6 heteroatoms. The third kappa shape index (κ3) is 3.87. The molecule has 0 spiro atoms. The molecule has 0 saturated heterocycles. The average Bonchev–Trinajstić information content (AvgIpc) is 2.44. The Morgan fingerprint density at radius 3 is 2.48 bits per heavy atom. The molecule has 0 atom stereocenters. The van der Waals surface area contributed by atoms with Gasteiger partial charge >= 0.3 is 0 Å². The van der Waals surface area contributed by atoms with Crippen molar-refractivity contribution in [2.24, 2.45) is 0 Å². The summed E-state index contributed by atoms with van der Waals surface area (Å²) in [5.74, 6) is 1.86. The predicted molar refractivity (Wildman–Crippen MR) is 92.6 cm³/mol. The van der Waals surface area contributed by atoms with Crippen LogP contribution in [0.3, 0.4) is 0 Å². The highest BCUT2D eigenvalue weighted by Crippen LogP contribution is 2.29. The van der Waals surface area contributed by atoms with Crippen LogP contribution in [0.15, 0.2) is 22.7 Å². The van der Waals surface area contributed by atoms with E-state index in [-0.39, 0.29) is 0 Å². The number of aromatic nitrogens is 2. The normalized spacial score (nSPS) is 11.0. The van der Waals surface area contributed by atoms with E-state index < -0.39 is 0 Å². The van der Waals surface area contributed by atoms with Crippen molar-refractivity contribution in [1.29, 1.82) is 0 Å². The fourth-order valence-corrected chi connectivity index (χ4v) is 3.13. The monoisotopic (exact) mass is 387 g/mol. The van der Waals surface area contributed by atoms with Gasteiger partial charge in [-0.3, -0.25) is 0 Å². The zero-order chi connectivity index (χ0) is 15.6. The molecular formula is C15H16BrCl2N3. The summed E-state index contributed by atoms with van der Waals surface area (Å²) in [6.07, 6.45) is 0.610. The fraction of sp³-hybridized carbons (Fsp3) is 0.333. The van der Waals surface area contributed by atoms with E-state index in [2.05, 4.69) is 45.1 Å². The zero-order valence-electron chi connectivity index (χ0n) is 12.0. The Hall–Kier alpha value is -0.840. The van der Waals surface area contributed by atoms with Crippen molar-refractivity contribution in [3.8, 4) is 0 Å². The summed E-state index contributed by atoms with van der Waals surface area (Å²) in [6, 6.07) is 5.58. The molecule has 112 valence electrons. The van der Waals surface area contributed by atoms with Crippen molar-refractivity contribution in [2.75, 3.05) is 12.4 Å². The van der Waals surface area contributed by atoms with Crippen LogP contribution < -0.4 is 5.32 Å². The van der Waals surface area contributed by atoms with E-state index in [9.17, 15) is 0 Å². The topological polar surface area (TPSA) is 37.8 Å². The van der Waals surface area contributed by atoms with E-state index in [1.54, 1.807) is 6.07 Å². The van der Waals surface area contributed by atoms with E-state index in [4.69, 9.17) is 23.2 Å². The summed E-state index contributed by atoms with van der Waals surface area (Å²) in [6.45, 7) is 4.21. The van der Waals surface area contributed by atoms with Crippen LogP contribution in [0.4, 0.5) is 5.82 Å². The molecule has 1 aromatic heterocycles. The molecule has 21 heavy (non-hydrogen) atoms. The van der Waals surface area contributed by atoms with Crippen LogP contribution in [0, 0.1) is 0 Å². The highest BCUT2D eigenvalue weighted by Gasteiger charge is 2.14.